The van der Waals surface area contributed by atoms with Gasteiger partial charge >= 0.3 is 0 Å². The van der Waals surface area contributed by atoms with Crippen LogP contribution >= 0.6 is 0 Å². The van der Waals surface area contributed by atoms with Crippen LogP contribution in [0, 0.1) is 12.7 Å². The molecule has 0 spiro atoms. The molecular weight excluding hydrogens is 441 g/mol. The van der Waals surface area contributed by atoms with Gasteiger partial charge in [0.05, 0.1) is 5.56 Å². The molecule has 3 aromatic carbocycles. The average molecular weight is 474 g/mol. The predicted molar refractivity (Wildman–Crippen MR) is 137 cm³/mol. The molecule has 4 rings (SSSR count). The second-order valence-corrected chi connectivity index (χ2v) is 9.28. The maximum atomic E-state index is 13.9. The largest absolute Gasteiger partial charge is 0.348 e. The third kappa shape index (κ3) is 6.34. The fraction of sp³-hybridized carbons (Fsp3) is 0.310. The van der Waals surface area contributed by atoms with Crippen LogP contribution < -0.4 is 10.6 Å². The summed E-state index contributed by atoms with van der Waals surface area (Å²) in [6.45, 7) is 6.64. The molecule has 0 bridgehead atoms. The van der Waals surface area contributed by atoms with Gasteiger partial charge in [0, 0.05) is 30.4 Å². The Morgan fingerprint density at radius 1 is 0.971 bits per heavy atom. The van der Waals surface area contributed by atoms with Gasteiger partial charge in [-0.2, -0.15) is 0 Å². The minimum Gasteiger partial charge on any atom is -0.348 e. The first-order valence-electron chi connectivity index (χ1n) is 12.2. The van der Waals surface area contributed by atoms with Crippen LogP contribution in [0.25, 0.3) is 0 Å². The molecule has 1 atom stereocenters. The van der Waals surface area contributed by atoms with Crippen molar-refractivity contribution in [2.24, 2.45) is 0 Å². The maximum Gasteiger partial charge on any atom is 0.258 e. The standard InChI is InChI=1S/C29H32FN3O2/c1-20-10-15-24(17-27(20)32-29(35)25-8-3-4-9-26(25)30)28(34)31-18-22-11-13-23(14-12-22)19-33-16-6-5-7-21(33)2/h3-4,8-15,17,21H,5-7,16,18-19H2,1-2H3,(H,31,34)(H,32,35). The summed E-state index contributed by atoms with van der Waals surface area (Å²) in [5.41, 5.74) is 3.94. The van der Waals surface area contributed by atoms with Gasteiger partial charge in [-0.05, 0) is 74.2 Å². The van der Waals surface area contributed by atoms with Gasteiger partial charge < -0.3 is 10.6 Å². The summed E-state index contributed by atoms with van der Waals surface area (Å²) in [5, 5.41) is 5.66. The van der Waals surface area contributed by atoms with Crippen LogP contribution in [0.5, 0.6) is 0 Å². The number of amides is 2. The number of carbonyl (C=O) groups excluding carboxylic acids is 2. The Bertz CT molecular complexity index is 1190. The minimum absolute atomic E-state index is 0.0417. The molecule has 2 amide bonds. The van der Waals surface area contributed by atoms with Gasteiger partial charge in [0.25, 0.3) is 11.8 Å². The van der Waals surface area contributed by atoms with E-state index in [0.717, 1.165) is 24.2 Å². The van der Waals surface area contributed by atoms with Crippen LogP contribution in [0.4, 0.5) is 10.1 Å². The van der Waals surface area contributed by atoms with Gasteiger partial charge in [-0.1, -0.05) is 48.9 Å². The molecule has 182 valence electrons. The molecule has 1 unspecified atom stereocenters. The molecule has 1 aliphatic rings. The molecule has 1 aliphatic heterocycles. The Hall–Kier alpha value is -3.51. The van der Waals surface area contributed by atoms with E-state index >= 15 is 0 Å². The number of hydrogen-bond acceptors (Lipinski definition) is 3. The first-order chi connectivity index (χ1) is 16.9. The van der Waals surface area contributed by atoms with Crippen LogP contribution in [0.2, 0.25) is 0 Å². The van der Waals surface area contributed by atoms with E-state index in [1.807, 2.05) is 6.92 Å². The highest BCUT2D eigenvalue weighted by Gasteiger charge is 2.18. The Balaban J connectivity index is 1.35. The van der Waals surface area contributed by atoms with Crippen molar-refractivity contribution in [1.29, 1.82) is 0 Å². The number of piperidine rings is 1. The van der Waals surface area contributed by atoms with Gasteiger partial charge in [-0.3, -0.25) is 14.5 Å². The monoisotopic (exact) mass is 473 g/mol. The second-order valence-electron chi connectivity index (χ2n) is 9.28. The van der Waals surface area contributed by atoms with E-state index in [2.05, 4.69) is 46.7 Å². The first-order valence-corrected chi connectivity index (χ1v) is 12.2. The maximum absolute atomic E-state index is 13.9. The van der Waals surface area contributed by atoms with E-state index in [0.29, 0.717) is 23.8 Å². The van der Waals surface area contributed by atoms with E-state index in [1.165, 1.54) is 43.0 Å². The van der Waals surface area contributed by atoms with Crippen molar-refractivity contribution in [3.63, 3.8) is 0 Å². The summed E-state index contributed by atoms with van der Waals surface area (Å²) in [7, 11) is 0. The number of anilines is 1. The molecule has 1 heterocycles. The Kier molecular flexibility index (Phi) is 7.93. The summed E-state index contributed by atoms with van der Waals surface area (Å²) in [6, 6.07) is 19.9. The lowest BCUT2D eigenvalue weighted by Crippen LogP contribution is -2.36. The zero-order valence-corrected chi connectivity index (χ0v) is 20.3. The molecule has 0 radical (unpaired) electrons. The summed E-state index contributed by atoms with van der Waals surface area (Å²) >= 11 is 0. The zero-order chi connectivity index (χ0) is 24.8. The SMILES string of the molecule is Cc1ccc(C(=O)NCc2ccc(CN3CCCCC3C)cc2)cc1NC(=O)c1ccccc1F. The van der Waals surface area contributed by atoms with Crippen molar-refractivity contribution >= 4 is 17.5 Å². The summed E-state index contributed by atoms with van der Waals surface area (Å²) < 4.78 is 13.9. The normalized spacial score (nSPS) is 16.0. The highest BCUT2D eigenvalue weighted by molar-refractivity contribution is 6.05. The van der Waals surface area contributed by atoms with Gasteiger partial charge in [0.15, 0.2) is 0 Å². The number of likely N-dealkylation sites (tertiary alicyclic amines) is 1. The van der Waals surface area contributed by atoms with Crippen LogP contribution in [0.15, 0.2) is 66.7 Å². The highest BCUT2D eigenvalue weighted by Crippen LogP contribution is 2.20. The third-order valence-electron chi connectivity index (χ3n) is 6.67. The summed E-state index contributed by atoms with van der Waals surface area (Å²) in [5.74, 6) is -1.38. The lowest BCUT2D eigenvalue weighted by atomic mass is 10.0. The molecule has 5 nitrogen and oxygen atoms in total. The lowest BCUT2D eigenvalue weighted by Gasteiger charge is -2.33. The highest BCUT2D eigenvalue weighted by atomic mass is 19.1. The number of nitrogens with one attached hydrogen (secondary N) is 2. The topological polar surface area (TPSA) is 61.4 Å². The van der Waals surface area contributed by atoms with E-state index in [-0.39, 0.29) is 11.5 Å². The number of benzene rings is 3. The van der Waals surface area contributed by atoms with Crippen molar-refractivity contribution < 1.29 is 14.0 Å². The average Bonchev–Trinajstić information content (AvgIpc) is 2.86. The van der Waals surface area contributed by atoms with Crippen molar-refractivity contribution in [3.8, 4) is 0 Å². The molecule has 3 aromatic rings. The number of carbonyl (C=O) groups is 2. The Morgan fingerprint density at radius 2 is 1.71 bits per heavy atom. The fourth-order valence-electron chi connectivity index (χ4n) is 4.41. The van der Waals surface area contributed by atoms with Crippen molar-refractivity contribution in [1.82, 2.24) is 10.2 Å². The smallest absolute Gasteiger partial charge is 0.258 e. The van der Waals surface area contributed by atoms with E-state index in [1.54, 1.807) is 24.3 Å². The van der Waals surface area contributed by atoms with Gasteiger partial charge in [-0.25, -0.2) is 4.39 Å². The summed E-state index contributed by atoms with van der Waals surface area (Å²) in [4.78, 5) is 27.8. The van der Waals surface area contributed by atoms with Crippen molar-refractivity contribution in [3.05, 3.63) is 100 Å². The first kappa shape index (κ1) is 24.6. The quantitative estimate of drug-likeness (QED) is 0.463. The Labute approximate surface area is 206 Å². The van der Waals surface area contributed by atoms with Crippen LogP contribution in [-0.2, 0) is 13.1 Å². The van der Waals surface area contributed by atoms with Gasteiger partial charge in [-0.15, -0.1) is 0 Å². The molecule has 1 fully saturated rings. The van der Waals surface area contributed by atoms with Crippen molar-refractivity contribution in [2.75, 3.05) is 11.9 Å². The van der Waals surface area contributed by atoms with Crippen LogP contribution in [0.3, 0.4) is 0 Å². The fourth-order valence-corrected chi connectivity index (χ4v) is 4.41. The lowest BCUT2D eigenvalue weighted by molar-refractivity contribution is 0.0949. The molecule has 2 N–H and O–H groups in total. The van der Waals surface area contributed by atoms with Gasteiger partial charge in [0.1, 0.15) is 5.82 Å². The number of rotatable bonds is 7. The van der Waals surface area contributed by atoms with Crippen LogP contribution in [-0.4, -0.2) is 29.3 Å². The predicted octanol–water partition coefficient (Wildman–Crippen LogP) is 5.69. The molecule has 6 heteroatoms. The van der Waals surface area contributed by atoms with Crippen LogP contribution in [0.1, 0.15) is 63.6 Å². The number of halogens is 1. The van der Waals surface area contributed by atoms with E-state index in [9.17, 15) is 14.0 Å². The van der Waals surface area contributed by atoms with Crippen molar-refractivity contribution in [2.45, 2.75) is 52.2 Å². The third-order valence-corrected chi connectivity index (χ3v) is 6.67. The molecule has 0 aromatic heterocycles. The molecule has 0 aliphatic carbocycles. The van der Waals surface area contributed by atoms with E-state index in [4.69, 9.17) is 0 Å². The number of nitrogens with zero attached hydrogens (tertiary/aromatic N) is 1. The van der Waals surface area contributed by atoms with E-state index < -0.39 is 11.7 Å². The molecule has 1 saturated heterocycles. The van der Waals surface area contributed by atoms with Gasteiger partial charge in [0.2, 0.25) is 0 Å². The minimum atomic E-state index is -0.590. The zero-order valence-electron chi connectivity index (χ0n) is 20.3. The molecule has 0 saturated carbocycles. The second kappa shape index (κ2) is 11.3. The molecule has 35 heavy (non-hydrogen) atoms. The Morgan fingerprint density at radius 3 is 2.46 bits per heavy atom. The summed E-state index contributed by atoms with van der Waals surface area (Å²) in [6.07, 6.45) is 3.84. The number of hydrogen-bond donors (Lipinski definition) is 2. The molecular formula is C29H32FN3O2. The number of aryl methyl sites for hydroxylation is 1.